The molecule has 0 bridgehead atoms. The van der Waals surface area contributed by atoms with Gasteiger partial charge >= 0.3 is 0 Å². The van der Waals surface area contributed by atoms with Crippen molar-refractivity contribution < 1.29 is 17.5 Å². The van der Waals surface area contributed by atoms with E-state index in [0.29, 0.717) is 14.7 Å². The largest absolute Gasteiger partial charge is 0.606 e. The fraction of sp³-hybridized carbons (Fsp3) is 0. The third-order valence-corrected chi connectivity index (χ3v) is 6.68. The van der Waals surface area contributed by atoms with E-state index in [1.165, 1.54) is 23.9 Å². The van der Waals surface area contributed by atoms with Gasteiger partial charge in [0.15, 0.2) is 9.79 Å². The summed E-state index contributed by atoms with van der Waals surface area (Å²) in [6.45, 7) is 0. The maximum Gasteiger partial charge on any atom is 0.295 e. The lowest BCUT2D eigenvalue weighted by Gasteiger charge is -2.21. The summed E-state index contributed by atoms with van der Waals surface area (Å²) in [6.07, 6.45) is 0. The van der Waals surface area contributed by atoms with Crippen LogP contribution in [0.15, 0.2) is 66.9 Å². The van der Waals surface area contributed by atoms with Crippen molar-refractivity contribution in [2.24, 2.45) is 0 Å². The van der Waals surface area contributed by atoms with Gasteiger partial charge in [0.1, 0.15) is 4.90 Å². The molecule has 1 aliphatic rings. The Morgan fingerprint density at radius 2 is 1.74 bits per heavy atom. The summed E-state index contributed by atoms with van der Waals surface area (Å²) in [5.41, 5.74) is 0. The predicted octanol–water partition coefficient (Wildman–Crippen LogP) is 2.56. The smallest absolute Gasteiger partial charge is 0.295 e. The van der Waals surface area contributed by atoms with Crippen molar-refractivity contribution in [3.8, 4) is 0 Å². The van der Waals surface area contributed by atoms with E-state index in [9.17, 15) is 17.5 Å². The molecule has 98 valence electrons. The van der Waals surface area contributed by atoms with Crippen LogP contribution < -0.4 is 0 Å². The maximum atomic E-state index is 12.4. The molecule has 19 heavy (non-hydrogen) atoms. The number of hydrogen-bond donors (Lipinski definition) is 1. The Morgan fingerprint density at radius 3 is 2.47 bits per heavy atom. The SMILES string of the molecule is O=S(=O)(O)c1cccc2c1Sc1ccccc1[S+]2[O-]. The zero-order valence-electron chi connectivity index (χ0n) is 9.44. The van der Waals surface area contributed by atoms with Crippen LogP contribution in [0.4, 0.5) is 0 Å². The number of hydrogen-bond acceptors (Lipinski definition) is 4. The molecule has 0 saturated heterocycles. The summed E-state index contributed by atoms with van der Waals surface area (Å²) in [7, 11) is -4.33. The third kappa shape index (κ3) is 2.17. The monoisotopic (exact) mass is 312 g/mol. The van der Waals surface area contributed by atoms with Gasteiger partial charge in [-0.15, -0.1) is 0 Å². The van der Waals surface area contributed by atoms with Crippen LogP contribution in [0.25, 0.3) is 0 Å². The van der Waals surface area contributed by atoms with E-state index in [2.05, 4.69) is 0 Å². The number of rotatable bonds is 1. The summed E-state index contributed by atoms with van der Waals surface area (Å²) in [5, 5.41) is 0. The van der Waals surface area contributed by atoms with Crippen LogP contribution in [0.5, 0.6) is 0 Å². The van der Waals surface area contributed by atoms with Crippen LogP contribution in [0.3, 0.4) is 0 Å². The Labute approximate surface area is 117 Å². The molecular formula is C12H8O4S3. The van der Waals surface area contributed by atoms with Gasteiger partial charge < -0.3 is 4.55 Å². The van der Waals surface area contributed by atoms with Crippen molar-refractivity contribution in [2.75, 3.05) is 0 Å². The van der Waals surface area contributed by atoms with Crippen molar-refractivity contribution in [1.29, 1.82) is 0 Å². The Bertz CT molecular complexity index is 755. The molecule has 2 aromatic rings. The highest BCUT2D eigenvalue weighted by Crippen LogP contribution is 2.46. The molecule has 2 aromatic carbocycles. The standard InChI is InChI=1S/C12H8O4S3/c13-18-9-5-2-1-4-8(9)17-12-10(18)6-3-7-11(12)19(14,15)16/h1-7H,(H,14,15,16). The van der Waals surface area contributed by atoms with Gasteiger partial charge in [-0.25, -0.2) is 0 Å². The molecule has 3 rings (SSSR count). The van der Waals surface area contributed by atoms with E-state index < -0.39 is 21.3 Å². The molecule has 0 saturated carbocycles. The molecule has 0 radical (unpaired) electrons. The van der Waals surface area contributed by atoms with Crippen molar-refractivity contribution in [2.45, 2.75) is 24.5 Å². The fourth-order valence-corrected chi connectivity index (χ4v) is 5.71. The quantitative estimate of drug-likeness (QED) is 0.647. The van der Waals surface area contributed by atoms with Crippen molar-refractivity contribution >= 4 is 33.1 Å². The Balaban J connectivity index is 2.26. The van der Waals surface area contributed by atoms with Crippen LogP contribution in [0.1, 0.15) is 0 Å². The number of benzene rings is 2. The van der Waals surface area contributed by atoms with E-state index in [-0.39, 0.29) is 4.90 Å². The molecule has 0 aliphatic carbocycles. The van der Waals surface area contributed by atoms with Gasteiger partial charge in [-0.05, 0) is 24.3 Å². The third-order valence-electron chi connectivity index (χ3n) is 2.68. The molecule has 4 nitrogen and oxygen atoms in total. The molecule has 0 amide bonds. The second-order valence-electron chi connectivity index (χ2n) is 3.88. The van der Waals surface area contributed by atoms with E-state index in [0.717, 1.165) is 4.90 Å². The van der Waals surface area contributed by atoms with Crippen molar-refractivity contribution in [3.63, 3.8) is 0 Å². The summed E-state index contributed by atoms with van der Waals surface area (Å²) in [5.74, 6) is 0. The molecule has 0 spiro atoms. The second-order valence-corrected chi connectivity index (χ2v) is 7.74. The molecule has 0 fully saturated rings. The van der Waals surface area contributed by atoms with Gasteiger partial charge in [-0.2, -0.15) is 8.42 Å². The van der Waals surface area contributed by atoms with E-state index in [1.54, 1.807) is 30.3 Å². The van der Waals surface area contributed by atoms with Crippen molar-refractivity contribution in [3.05, 3.63) is 42.5 Å². The van der Waals surface area contributed by atoms with Gasteiger partial charge in [0.2, 0.25) is 0 Å². The number of fused-ring (bicyclic) bond motifs is 2. The van der Waals surface area contributed by atoms with Crippen LogP contribution in [-0.2, 0) is 21.3 Å². The molecule has 1 unspecified atom stereocenters. The molecule has 1 atom stereocenters. The minimum atomic E-state index is -4.33. The van der Waals surface area contributed by atoms with Crippen molar-refractivity contribution in [1.82, 2.24) is 0 Å². The van der Waals surface area contributed by atoms with Gasteiger partial charge in [0, 0.05) is 11.2 Å². The first-order valence-corrected chi connectivity index (χ1v) is 8.68. The first kappa shape index (κ1) is 13.0. The average Bonchev–Trinajstić information content (AvgIpc) is 2.37. The summed E-state index contributed by atoms with van der Waals surface area (Å²) >= 11 is -0.224. The highest BCUT2D eigenvalue weighted by atomic mass is 32.2. The maximum absolute atomic E-state index is 12.4. The van der Waals surface area contributed by atoms with Crippen LogP contribution in [0.2, 0.25) is 0 Å². The summed E-state index contributed by atoms with van der Waals surface area (Å²) in [6, 6.07) is 11.5. The zero-order valence-corrected chi connectivity index (χ0v) is 11.9. The lowest BCUT2D eigenvalue weighted by atomic mass is 10.3. The molecule has 7 heteroatoms. The highest BCUT2D eigenvalue weighted by molar-refractivity contribution is 8.02. The molecule has 0 aromatic heterocycles. The van der Waals surface area contributed by atoms with Gasteiger partial charge in [0.05, 0.1) is 9.79 Å². The van der Waals surface area contributed by atoms with Crippen LogP contribution in [0, 0.1) is 0 Å². The first-order chi connectivity index (χ1) is 8.98. The summed E-state index contributed by atoms with van der Waals surface area (Å²) in [4.78, 5) is 1.95. The fourth-order valence-electron chi connectivity index (χ4n) is 1.86. The van der Waals surface area contributed by atoms with E-state index in [1.807, 2.05) is 0 Å². The van der Waals surface area contributed by atoms with Gasteiger partial charge in [0.25, 0.3) is 10.1 Å². The van der Waals surface area contributed by atoms with Crippen LogP contribution in [-0.4, -0.2) is 17.5 Å². The Hall–Kier alpha value is -0.990. The average molecular weight is 312 g/mol. The Kier molecular flexibility index (Phi) is 3.11. The second kappa shape index (κ2) is 4.53. The lowest BCUT2D eigenvalue weighted by molar-refractivity contribution is 0.480. The van der Waals surface area contributed by atoms with Gasteiger partial charge in [-0.3, -0.25) is 4.55 Å². The van der Waals surface area contributed by atoms with Gasteiger partial charge in [-0.1, -0.05) is 30.0 Å². The topological polar surface area (TPSA) is 77.4 Å². The molecular weight excluding hydrogens is 304 g/mol. The minimum Gasteiger partial charge on any atom is -0.606 e. The molecule has 1 aliphatic heterocycles. The Morgan fingerprint density at radius 1 is 1.05 bits per heavy atom. The minimum absolute atomic E-state index is 0.196. The molecule has 1 heterocycles. The highest BCUT2D eigenvalue weighted by Gasteiger charge is 2.33. The summed E-state index contributed by atoms with van der Waals surface area (Å²) < 4.78 is 44.4. The predicted molar refractivity (Wildman–Crippen MR) is 71.5 cm³/mol. The van der Waals surface area contributed by atoms with Crippen LogP contribution >= 0.6 is 11.8 Å². The zero-order chi connectivity index (χ0) is 13.6. The molecule has 1 N–H and O–H groups in total. The first-order valence-electron chi connectivity index (χ1n) is 5.27. The van der Waals surface area contributed by atoms with E-state index >= 15 is 0 Å². The lowest BCUT2D eigenvalue weighted by Crippen LogP contribution is -2.12. The normalized spacial score (nSPS) is 17.7. The van der Waals surface area contributed by atoms with E-state index in [4.69, 9.17) is 0 Å².